The SMILES string of the molecule is CC(O)C(O)C1=C2CCCOC2CCc2ccc(Br)cc21. The van der Waals surface area contributed by atoms with Crippen molar-refractivity contribution >= 4 is 21.5 Å². The minimum absolute atomic E-state index is 0.0772. The largest absolute Gasteiger partial charge is 0.390 e. The Morgan fingerprint density at radius 3 is 2.86 bits per heavy atom. The Morgan fingerprint density at radius 1 is 1.29 bits per heavy atom. The van der Waals surface area contributed by atoms with Crippen LogP contribution in [0.25, 0.3) is 5.57 Å². The Morgan fingerprint density at radius 2 is 2.10 bits per heavy atom. The summed E-state index contributed by atoms with van der Waals surface area (Å²) in [4.78, 5) is 0. The third-order valence-corrected chi connectivity index (χ3v) is 4.93. The fourth-order valence-corrected chi connectivity index (χ4v) is 3.74. The highest BCUT2D eigenvalue weighted by molar-refractivity contribution is 9.10. The van der Waals surface area contributed by atoms with Crippen molar-refractivity contribution in [2.75, 3.05) is 6.61 Å². The van der Waals surface area contributed by atoms with Gasteiger partial charge < -0.3 is 14.9 Å². The van der Waals surface area contributed by atoms with Crippen LogP contribution in [0.15, 0.2) is 28.2 Å². The molecule has 0 saturated carbocycles. The molecule has 3 nitrogen and oxygen atoms in total. The summed E-state index contributed by atoms with van der Waals surface area (Å²) in [5, 5.41) is 20.5. The number of hydrogen-bond acceptors (Lipinski definition) is 3. The van der Waals surface area contributed by atoms with Crippen LogP contribution in [0.1, 0.15) is 37.3 Å². The second-order valence-electron chi connectivity index (χ2n) is 5.93. The molecule has 2 N–H and O–H groups in total. The average Bonchev–Trinajstić information content (AvgIpc) is 2.62. The van der Waals surface area contributed by atoms with Crippen LogP contribution >= 0.6 is 15.9 Å². The number of rotatable bonds is 2. The predicted molar refractivity (Wildman–Crippen MR) is 86.0 cm³/mol. The molecule has 1 aromatic carbocycles. The lowest BCUT2D eigenvalue weighted by Gasteiger charge is -2.29. The molecule has 21 heavy (non-hydrogen) atoms. The van der Waals surface area contributed by atoms with E-state index in [1.807, 2.05) is 6.07 Å². The highest BCUT2D eigenvalue weighted by atomic mass is 79.9. The minimum atomic E-state index is -0.865. The molecule has 3 rings (SSSR count). The molecule has 114 valence electrons. The van der Waals surface area contributed by atoms with Gasteiger partial charge in [0.2, 0.25) is 0 Å². The number of fused-ring (bicyclic) bond motifs is 2. The first-order valence-electron chi connectivity index (χ1n) is 7.57. The third-order valence-electron chi connectivity index (χ3n) is 4.43. The quantitative estimate of drug-likeness (QED) is 0.859. The van der Waals surface area contributed by atoms with E-state index in [-0.39, 0.29) is 6.10 Å². The van der Waals surface area contributed by atoms with Crippen LogP contribution in [0.3, 0.4) is 0 Å². The van der Waals surface area contributed by atoms with Crippen LogP contribution in [0.4, 0.5) is 0 Å². The normalized spacial score (nSPS) is 24.9. The van der Waals surface area contributed by atoms with Crippen molar-refractivity contribution in [1.82, 2.24) is 0 Å². The van der Waals surface area contributed by atoms with E-state index in [1.165, 1.54) is 11.1 Å². The Kier molecular flexibility index (Phi) is 4.50. The Hall–Kier alpha value is -0.680. The van der Waals surface area contributed by atoms with Gasteiger partial charge in [0.1, 0.15) is 6.10 Å². The molecule has 0 spiro atoms. The molecule has 0 amide bonds. The first-order valence-corrected chi connectivity index (χ1v) is 8.36. The van der Waals surface area contributed by atoms with Crippen molar-refractivity contribution in [2.45, 2.75) is 50.9 Å². The summed E-state index contributed by atoms with van der Waals surface area (Å²) in [5.74, 6) is 0. The van der Waals surface area contributed by atoms with Crippen molar-refractivity contribution in [1.29, 1.82) is 0 Å². The molecule has 1 fully saturated rings. The van der Waals surface area contributed by atoms with Gasteiger partial charge in [0.25, 0.3) is 0 Å². The van der Waals surface area contributed by atoms with Crippen molar-refractivity contribution in [3.05, 3.63) is 39.4 Å². The minimum Gasteiger partial charge on any atom is -0.390 e. The number of aliphatic hydroxyl groups excluding tert-OH is 2. The number of hydrogen-bond donors (Lipinski definition) is 2. The zero-order chi connectivity index (χ0) is 15.0. The van der Waals surface area contributed by atoms with Gasteiger partial charge in [-0.1, -0.05) is 22.0 Å². The summed E-state index contributed by atoms with van der Waals surface area (Å²) in [6, 6.07) is 6.19. The fourth-order valence-electron chi connectivity index (χ4n) is 3.38. The molecular formula is C17H21BrO3. The van der Waals surface area contributed by atoms with Gasteiger partial charge in [-0.3, -0.25) is 0 Å². The molecular weight excluding hydrogens is 332 g/mol. The Balaban J connectivity index is 2.18. The van der Waals surface area contributed by atoms with Gasteiger partial charge in [-0.2, -0.15) is 0 Å². The fraction of sp³-hybridized carbons (Fsp3) is 0.529. The second-order valence-corrected chi connectivity index (χ2v) is 6.84. The highest BCUT2D eigenvalue weighted by Crippen LogP contribution is 2.39. The Bertz CT molecular complexity index is 565. The standard InChI is InChI=1S/C17H21BrO3/c1-10(19)17(20)16-13-3-2-8-21-15(13)7-5-11-4-6-12(18)9-14(11)16/h4,6,9-10,15,17,19-20H,2-3,5,7-8H2,1H3. The molecule has 0 aromatic heterocycles. The van der Waals surface area contributed by atoms with Gasteiger partial charge >= 0.3 is 0 Å². The van der Waals surface area contributed by atoms with Crippen molar-refractivity contribution in [3.63, 3.8) is 0 Å². The zero-order valence-electron chi connectivity index (χ0n) is 12.2. The Labute approximate surface area is 133 Å². The van der Waals surface area contributed by atoms with Gasteiger partial charge in [0, 0.05) is 11.1 Å². The van der Waals surface area contributed by atoms with E-state index >= 15 is 0 Å². The maximum atomic E-state index is 10.6. The molecule has 3 atom stereocenters. The third kappa shape index (κ3) is 2.95. The molecule has 1 aromatic rings. The molecule has 1 aliphatic carbocycles. The number of aryl methyl sites for hydroxylation is 1. The van der Waals surface area contributed by atoms with E-state index in [4.69, 9.17) is 4.74 Å². The first-order chi connectivity index (χ1) is 10.1. The molecule has 0 radical (unpaired) electrons. The maximum absolute atomic E-state index is 10.6. The summed E-state index contributed by atoms with van der Waals surface area (Å²) in [6.45, 7) is 2.42. The van der Waals surface area contributed by atoms with Crippen molar-refractivity contribution in [2.24, 2.45) is 0 Å². The molecule has 1 aliphatic heterocycles. The molecule has 0 bridgehead atoms. The van der Waals surface area contributed by atoms with Crippen LogP contribution < -0.4 is 0 Å². The van der Waals surface area contributed by atoms with E-state index in [1.54, 1.807) is 6.92 Å². The highest BCUT2D eigenvalue weighted by Gasteiger charge is 2.32. The maximum Gasteiger partial charge on any atom is 0.105 e. The van der Waals surface area contributed by atoms with Crippen LogP contribution in [0.2, 0.25) is 0 Å². The number of ether oxygens (including phenoxy) is 1. The van der Waals surface area contributed by atoms with E-state index in [9.17, 15) is 10.2 Å². The van der Waals surface area contributed by atoms with Crippen LogP contribution in [-0.4, -0.2) is 35.1 Å². The molecule has 2 aliphatic rings. The number of benzene rings is 1. The van der Waals surface area contributed by atoms with Gasteiger partial charge in [0.05, 0.1) is 12.2 Å². The monoisotopic (exact) mass is 352 g/mol. The summed E-state index contributed by atoms with van der Waals surface area (Å²) in [5.41, 5.74) is 4.33. The van der Waals surface area contributed by atoms with E-state index in [2.05, 4.69) is 28.1 Å². The summed E-state index contributed by atoms with van der Waals surface area (Å²) in [7, 11) is 0. The lowest BCUT2D eigenvalue weighted by Crippen LogP contribution is -2.29. The molecule has 1 saturated heterocycles. The van der Waals surface area contributed by atoms with E-state index in [0.29, 0.717) is 0 Å². The van der Waals surface area contributed by atoms with E-state index in [0.717, 1.165) is 47.9 Å². The summed E-state index contributed by atoms with van der Waals surface area (Å²) < 4.78 is 6.91. The smallest absolute Gasteiger partial charge is 0.105 e. The van der Waals surface area contributed by atoms with Gasteiger partial charge in [-0.25, -0.2) is 0 Å². The van der Waals surface area contributed by atoms with Gasteiger partial charge in [-0.05, 0) is 67.0 Å². The van der Waals surface area contributed by atoms with Crippen molar-refractivity contribution < 1.29 is 14.9 Å². The van der Waals surface area contributed by atoms with Gasteiger partial charge in [0.15, 0.2) is 0 Å². The van der Waals surface area contributed by atoms with Crippen molar-refractivity contribution in [3.8, 4) is 0 Å². The summed E-state index contributed by atoms with van der Waals surface area (Å²) in [6.07, 6.45) is 2.22. The first kappa shape index (κ1) is 15.2. The lowest BCUT2D eigenvalue weighted by molar-refractivity contribution is 0.0436. The summed E-state index contributed by atoms with van der Waals surface area (Å²) >= 11 is 3.52. The second kappa shape index (κ2) is 6.21. The predicted octanol–water partition coefficient (Wildman–Crippen LogP) is 3.07. The molecule has 3 unspecified atom stereocenters. The number of aliphatic hydroxyl groups is 2. The van der Waals surface area contributed by atoms with Gasteiger partial charge in [-0.15, -0.1) is 0 Å². The zero-order valence-corrected chi connectivity index (χ0v) is 13.8. The number of halogens is 1. The molecule has 4 heteroatoms. The van der Waals surface area contributed by atoms with Crippen LogP contribution in [0, 0.1) is 0 Å². The molecule has 1 heterocycles. The lowest BCUT2D eigenvalue weighted by atomic mass is 9.87. The topological polar surface area (TPSA) is 49.7 Å². The average molecular weight is 353 g/mol. The van der Waals surface area contributed by atoms with Crippen LogP contribution in [-0.2, 0) is 11.2 Å². The van der Waals surface area contributed by atoms with E-state index < -0.39 is 12.2 Å². The van der Waals surface area contributed by atoms with Crippen LogP contribution in [0.5, 0.6) is 0 Å².